The normalized spacial score (nSPS) is 19.9. The fourth-order valence-corrected chi connectivity index (χ4v) is 1.85. The van der Waals surface area contributed by atoms with Crippen LogP contribution in [0.2, 0.25) is 0 Å². The van der Waals surface area contributed by atoms with E-state index in [2.05, 4.69) is 10.0 Å². The summed E-state index contributed by atoms with van der Waals surface area (Å²) >= 11 is 0. The average Bonchev–Trinajstić information content (AvgIpc) is 2.36. The van der Waals surface area contributed by atoms with Gasteiger partial charge in [0.1, 0.15) is 0 Å². The van der Waals surface area contributed by atoms with Crippen molar-refractivity contribution in [2.24, 2.45) is 0 Å². The zero-order valence-corrected chi connectivity index (χ0v) is 10.3. The lowest BCUT2D eigenvalue weighted by atomic mass is 10.1. The molecule has 0 radical (unpaired) electrons. The van der Waals surface area contributed by atoms with Gasteiger partial charge in [-0.2, -0.15) is 0 Å². The number of rotatable bonds is 6. The molecule has 0 heterocycles. The van der Waals surface area contributed by atoms with Crippen molar-refractivity contribution in [3.05, 3.63) is 29.8 Å². The Bertz CT molecular complexity index is 639. The molecule has 0 saturated carbocycles. The van der Waals surface area contributed by atoms with E-state index in [1.807, 2.05) is 0 Å². The smallest absolute Gasteiger partial charge is 0.229 e. The lowest BCUT2D eigenvalue weighted by molar-refractivity contribution is 0.590. The van der Waals surface area contributed by atoms with E-state index in [-0.39, 0.29) is 13.0 Å². The van der Waals surface area contributed by atoms with E-state index < -0.39 is 29.7 Å². The number of hydrogen-bond acceptors (Lipinski definition) is 3. The molecule has 0 unspecified atom stereocenters. The van der Waals surface area contributed by atoms with Crippen LogP contribution in [0.15, 0.2) is 24.3 Å². The molecule has 17 heavy (non-hydrogen) atoms. The zero-order valence-electron chi connectivity index (χ0n) is 16.4. The van der Waals surface area contributed by atoms with E-state index in [9.17, 15) is 8.42 Å². The fraction of sp³-hybridized carbons (Fsp3) is 0.500. The molecule has 0 fully saturated rings. The van der Waals surface area contributed by atoms with Gasteiger partial charge in [0.05, 0.1) is 6.26 Å². The second kappa shape index (κ2) is 6.02. The summed E-state index contributed by atoms with van der Waals surface area (Å²) < 4.78 is 76.1. The van der Waals surface area contributed by atoms with Crippen molar-refractivity contribution in [2.75, 3.05) is 17.5 Å². The molecule has 5 heteroatoms. The Hall–Kier alpha value is -1.07. The average molecular weight is 263 g/mol. The summed E-state index contributed by atoms with van der Waals surface area (Å²) in [4.78, 5) is 0. The predicted molar refractivity (Wildman–Crippen MR) is 71.8 cm³/mol. The van der Waals surface area contributed by atoms with Gasteiger partial charge in [0, 0.05) is 21.3 Å². The van der Waals surface area contributed by atoms with Crippen molar-refractivity contribution >= 4 is 15.7 Å². The van der Waals surface area contributed by atoms with E-state index in [0.29, 0.717) is 5.69 Å². The Kier molecular flexibility index (Phi) is 2.39. The Balaban J connectivity index is 2.73. The monoisotopic (exact) mass is 263 g/mol. The molecular weight excluding hydrogens is 236 g/mol. The minimum absolute atomic E-state index is 0.0286. The van der Waals surface area contributed by atoms with Crippen molar-refractivity contribution in [3.63, 3.8) is 0 Å². The van der Waals surface area contributed by atoms with E-state index in [1.54, 1.807) is 12.1 Å². The number of anilines is 1. The standard InChI is InChI=1S/C12H20N2O2S/c1-10(2)13-9-8-11-4-6-12(7-5-11)14-17(3,15)16/h4-7,10,13-14H,8-9H2,1-3H3/i1D3,2D3,10D. The Morgan fingerprint density at radius 1 is 1.35 bits per heavy atom. The van der Waals surface area contributed by atoms with Crippen LogP contribution in [0.25, 0.3) is 0 Å². The Labute approximate surface area is 113 Å². The minimum atomic E-state index is -3.37. The summed E-state index contributed by atoms with van der Waals surface area (Å²) in [6, 6.07) is 3.59. The van der Waals surface area contributed by atoms with Crippen LogP contribution in [0.1, 0.15) is 28.9 Å². The van der Waals surface area contributed by atoms with Crippen LogP contribution in [0.4, 0.5) is 5.69 Å². The lowest BCUT2D eigenvalue weighted by Crippen LogP contribution is -2.24. The second-order valence-corrected chi connectivity index (χ2v) is 5.37. The van der Waals surface area contributed by atoms with Gasteiger partial charge in [0.2, 0.25) is 10.0 Å². The summed E-state index contributed by atoms with van der Waals surface area (Å²) in [5, 5.41) is 2.31. The van der Waals surface area contributed by atoms with Gasteiger partial charge in [-0.05, 0) is 30.7 Å². The molecule has 4 nitrogen and oxygen atoms in total. The largest absolute Gasteiger partial charge is 0.314 e. The minimum Gasteiger partial charge on any atom is -0.314 e. The van der Waals surface area contributed by atoms with E-state index in [4.69, 9.17) is 9.60 Å². The second-order valence-electron chi connectivity index (χ2n) is 3.62. The summed E-state index contributed by atoms with van der Waals surface area (Å²) in [5.41, 5.74) is 1.12. The van der Waals surface area contributed by atoms with Gasteiger partial charge in [0.25, 0.3) is 0 Å². The van der Waals surface area contributed by atoms with E-state index >= 15 is 0 Å². The van der Waals surface area contributed by atoms with Crippen molar-refractivity contribution < 1.29 is 18.0 Å². The maximum atomic E-state index is 11.1. The van der Waals surface area contributed by atoms with Crippen LogP contribution in [0.5, 0.6) is 0 Å². The first kappa shape index (κ1) is 6.75. The third kappa shape index (κ3) is 6.28. The Morgan fingerprint density at radius 2 is 2.00 bits per heavy atom. The maximum Gasteiger partial charge on any atom is 0.229 e. The first-order valence-electron chi connectivity index (χ1n) is 8.47. The first-order chi connectivity index (χ1) is 10.7. The van der Waals surface area contributed by atoms with E-state index in [0.717, 1.165) is 11.8 Å². The van der Waals surface area contributed by atoms with Crippen molar-refractivity contribution in [1.82, 2.24) is 5.32 Å². The highest BCUT2D eigenvalue weighted by Gasteiger charge is 2.01. The highest BCUT2D eigenvalue weighted by atomic mass is 32.2. The molecule has 0 saturated heterocycles. The third-order valence-electron chi connectivity index (χ3n) is 1.97. The number of benzene rings is 1. The van der Waals surface area contributed by atoms with Gasteiger partial charge >= 0.3 is 0 Å². The number of nitrogens with one attached hydrogen (secondary N) is 2. The first-order valence-corrected chi connectivity index (χ1v) is 6.87. The molecule has 0 aromatic heterocycles. The van der Waals surface area contributed by atoms with Crippen LogP contribution < -0.4 is 10.0 Å². The molecule has 0 spiro atoms. The molecular formula is C12H20N2O2S. The van der Waals surface area contributed by atoms with E-state index in [1.165, 1.54) is 12.1 Å². The van der Waals surface area contributed by atoms with Crippen molar-refractivity contribution in [3.8, 4) is 0 Å². The maximum absolute atomic E-state index is 11.1. The SMILES string of the molecule is [2H]C([2H])([2H])C([2H])(NCCc1ccc(NS(C)(=O)=O)cc1)C([2H])([2H])[2H]. The molecule has 0 aliphatic heterocycles. The zero-order chi connectivity index (χ0) is 18.8. The highest BCUT2D eigenvalue weighted by Crippen LogP contribution is 2.11. The highest BCUT2D eigenvalue weighted by molar-refractivity contribution is 7.92. The molecule has 96 valence electrons. The van der Waals surface area contributed by atoms with Gasteiger partial charge in [-0.25, -0.2) is 8.42 Å². The van der Waals surface area contributed by atoms with Gasteiger partial charge in [-0.3, -0.25) is 4.72 Å². The molecule has 1 rings (SSSR count). The fourth-order valence-electron chi connectivity index (χ4n) is 1.29. The molecule has 2 N–H and O–H groups in total. The number of hydrogen-bond donors (Lipinski definition) is 2. The quantitative estimate of drug-likeness (QED) is 0.819. The molecule has 0 aliphatic carbocycles. The lowest BCUT2D eigenvalue weighted by Gasteiger charge is -2.08. The summed E-state index contributed by atoms with van der Waals surface area (Å²) in [6.45, 7) is -6.05. The van der Waals surface area contributed by atoms with Gasteiger partial charge in [0.15, 0.2) is 0 Å². The van der Waals surface area contributed by atoms with Crippen LogP contribution in [-0.4, -0.2) is 27.2 Å². The molecule has 1 aromatic carbocycles. The number of sulfonamides is 1. The van der Waals surface area contributed by atoms with Crippen molar-refractivity contribution in [2.45, 2.75) is 26.1 Å². The third-order valence-corrected chi connectivity index (χ3v) is 2.58. The molecule has 1 aromatic rings. The molecule has 0 aliphatic rings. The summed E-state index contributed by atoms with van der Waals surface area (Å²) in [6.07, 6.45) is 1.31. The molecule has 0 amide bonds. The summed E-state index contributed by atoms with van der Waals surface area (Å²) in [7, 11) is -3.37. The van der Waals surface area contributed by atoms with Gasteiger partial charge in [-0.1, -0.05) is 25.8 Å². The van der Waals surface area contributed by atoms with Crippen LogP contribution >= 0.6 is 0 Å². The summed E-state index contributed by atoms with van der Waals surface area (Å²) in [5.74, 6) is 0. The molecule has 0 atom stereocenters. The topological polar surface area (TPSA) is 58.2 Å². The Morgan fingerprint density at radius 3 is 2.53 bits per heavy atom. The van der Waals surface area contributed by atoms with Crippen molar-refractivity contribution in [1.29, 1.82) is 0 Å². The van der Waals surface area contributed by atoms with Crippen LogP contribution in [0, 0.1) is 0 Å². The van der Waals surface area contributed by atoms with Gasteiger partial charge < -0.3 is 5.32 Å². The van der Waals surface area contributed by atoms with Gasteiger partial charge in [-0.15, -0.1) is 0 Å². The predicted octanol–water partition coefficient (Wildman–Crippen LogP) is 1.60. The molecule has 0 bridgehead atoms. The van der Waals surface area contributed by atoms with Crippen LogP contribution in [-0.2, 0) is 16.4 Å². The van der Waals surface area contributed by atoms with Crippen LogP contribution in [0.3, 0.4) is 0 Å².